The molecule has 1 aliphatic carbocycles. The highest BCUT2D eigenvalue weighted by Crippen LogP contribution is 2.30. The molecule has 1 saturated heterocycles. The van der Waals surface area contributed by atoms with E-state index < -0.39 is 0 Å². The molecule has 29 heavy (non-hydrogen) atoms. The second-order valence-corrected chi connectivity index (χ2v) is 7.95. The first-order valence-electron chi connectivity index (χ1n) is 10.5. The third kappa shape index (κ3) is 5.08. The number of hydrogen-bond donors (Lipinski definition) is 3. The van der Waals surface area contributed by atoms with Crippen LogP contribution in [0.2, 0.25) is 0 Å². The van der Waals surface area contributed by atoms with Gasteiger partial charge < -0.3 is 10.1 Å². The number of aryl methyl sites for hydroxylation is 1. The van der Waals surface area contributed by atoms with Gasteiger partial charge in [-0.2, -0.15) is 0 Å². The maximum absolute atomic E-state index is 11.8. The van der Waals surface area contributed by atoms with Crippen molar-refractivity contribution in [2.24, 2.45) is 5.92 Å². The third-order valence-corrected chi connectivity index (χ3v) is 5.91. The van der Waals surface area contributed by atoms with Crippen LogP contribution >= 0.6 is 0 Å². The van der Waals surface area contributed by atoms with Crippen molar-refractivity contribution in [2.75, 3.05) is 31.6 Å². The Hall–Kier alpha value is -2.57. The van der Waals surface area contributed by atoms with Crippen LogP contribution in [0.3, 0.4) is 0 Å². The Morgan fingerprint density at radius 3 is 2.76 bits per heavy atom. The second kappa shape index (κ2) is 9.29. The number of rotatable bonds is 7. The standard InChI is InChI=1S/C23H29N3O3/c27-23(25-28)18-7-6-17-8-9-21(15-19(17)14-18)24-20-4-3-5-22(16-20)29-13-12-26-10-1-2-11-26/h3-5,8-9,15-16,18,24,28H,1-2,6-7,10-14H2,(H,25,27). The third-order valence-electron chi connectivity index (χ3n) is 5.91. The van der Waals surface area contributed by atoms with Gasteiger partial charge in [0.2, 0.25) is 5.91 Å². The van der Waals surface area contributed by atoms with Gasteiger partial charge in [-0.3, -0.25) is 14.9 Å². The van der Waals surface area contributed by atoms with Crippen molar-refractivity contribution in [1.82, 2.24) is 10.4 Å². The van der Waals surface area contributed by atoms with Gasteiger partial charge in [0.05, 0.1) is 0 Å². The molecule has 2 aromatic carbocycles. The largest absolute Gasteiger partial charge is 0.492 e. The normalized spacial score (nSPS) is 18.9. The Kier molecular flexibility index (Phi) is 6.32. The van der Waals surface area contributed by atoms with Crippen LogP contribution in [0.15, 0.2) is 42.5 Å². The zero-order valence-electron chi connectivity index (χ0n) is 16.7. The maximum atomic E-state index is 11.8. The van der Waals surface area contributed by atoms with Crippen LogP contribution in [0, 0.1) is 5.92 Å². The molecule has 0 aromatic heterocycles. The lowest BCUT2D eigenvalue weighted by atomic mass is 9.83. The molecule has 6 heteroatoms. The van der Waals surface area contributed by atoms with E-state index in [0.717, 1.165) is 42.1 Å². The molecule has 154 valence electrons. The van der Waals surface area contributed by atoms with Crippen molar-refractivity contribution in [1.29, 1.82) is 0 Å². The number of nitrogens with one attached hydrogen (secondary N) is 2. The van der Waals surface area contributed by atoms with Gasteiger partial charge in [-0.25, -0.2) is 5.48 Å². The van der Waals surface area contributed by atoms with Crippen LogP contribution in [0.1, 0.15) is 30.4 Å². The van der Waals surface area contributed by atoms with E-state index >= 15 is 0 Å². The van der Waals surface area contributed by atoms with Crippen LogP contribution in [0.25, 0.3) is 0 Å². The summed E-state index contributed by atoms with van der Waals surface area (Å²) in [4.78, 5) is 14.2. The van der Waals surface area contributed by atoms with E-state index in [1.807, 2.05) is 24.3 Å². The Bertz CT molecular complexity index is 849. The molecular formula is C23H29N3O3. The fourth-order valence-electron chi connectivity index (χ4n) is 4.28. The molecule has 1 aliphatic heterocycles. The summed E-state index contributed by atoms with van der Waals surface area (Å²) in [6, 6.07) is 14.3. The van der Waals surface area contributed by atoms with Crippen LogP contribution < -0.4 is 15.5 Å². The fourth-order valence-corrected chi connectivity index (χ4v) is 4.28. The highest BCUT2D eigenvalue weighted by atomic mass is 16.5. The van der Waals surface area contributed by atoms with E-state index in [2.05, 4.69) is 28.4 Å². The smallest absolute Gasteiger partial charge is 0.246 e. The van der Waals surface area contributed by atoms with Crippen molar-refractivity contribution in [2.45, 2.75) is 32.1 Å². The molecule has 3 N–H and O–H groups in total. The van der Waals surface area contributed by atoms with Gasteiger partial charge in [-0.15, -0.1) is 0 Å². The Morgan fingerprint density at radius 1 is 1.10 bits per heavy atom. The molecule has 0 bridgehead atoms. The summed E-state index contributed by atoms with van der Waals surface area (Å²) in [5.41, 5.74) is 6.19. The minimum Gasteiger partial charge on any atom is -0.492 e. The Morgan fingerprint density at radius 2 is 1.93 bits per heavy atom. The number of anilines is 2. The lowest BCUT2D eigenvalue weighted by Gasteiger charge is -2.23. The minimum absolute atomic E-state index is 0.171. The summed E-state index contributed by atoms with van der Waals surface area (Å²) in [6.45, 7) is 4.05. The Balaban J connectivity index is 1.37. The summed E-state index contributed by atoms with van der Waals surface area (Å²) in [7, 11) is 0. The lowest BCUT2D eigenvalue weighted by Crippen LogP contribution is -2.31. The highest BCUT2D eigenvalue weighted by molar-refractivity contribution is 5.78. The molecule has 0 saturated carbocycles. The molecule has 1 unspecified atom stereocenters. The Labute approximate surface area is 171 Å². The van der Waals surface area contributed by atoms with Gasteiger partial charge in [0.1, 0.15) is 12.4 Å². The van der Waals surface area contributed by atoms with Crippen molar-refractivity contribution < 1.29 is 14.7 Å². The van der Waals surface area contributed by atoms with Gasteiger partial charge in [-0.05, 0) is 80.6 Å². The first-order valence-corrected chi connectivity index (χ1v) is 10.5. The number of fused-ring (bicyclic) bond motifs is 1. The molecule has 4 rings (SSSR count). The van der Waals surface area contributed by atoms with Crippen LogP contribution in [0.5, 0.6) is 5.75 Å². The van der Waals surface area contributed by atoms with Crippen molar-refractivity contribution in [3.8, 4) is 5.75 Å². The number of ether oxygens (including phenoxy) is 1. The van der Waals surface area contributed by atoms with E-state index in [-0.39, 0.29) is 11.8 Å². The lowest BCUT2D eigenvalue weighted by molar-refractivity contribution is -0.133. The molecule has 1 heterocycles. The minimum atomic E-state index is -0.298. The second-order valence-electron chi connectivity index (χ2n) is 7.95. The zero-order valence-corrected chi connectivity index (χ0v) is 16.7. The molecule has 2 aromatic rings. The average Bonchev–Trinajstić information content (AvgIpc) is 3.26. The number of nitrogens with zero attached hydrogens (tertiary/aromatic N) is 1. The molecule has 1 amide bonds. The van der Waals surface area contributed by atoms with Gasteiger partial charge in [0.15, 0.2) is 0 Å². The molecule has 1 atom stereocenters. The van der Waals surface area contributed by atoms with Gasteiger partial charge in [0, 0.05) is 29.9 Å². The van der Waals surface area contributed by atoms with E-state index in [1.54, 1.807) is 5.48 Å². The monoisotopic (exact) mass is 395 g/mol. The highest BCUT2D eigenvalue weighted by Gasteiger charge is 2.24. The van der Waals surface area contributed by atoms with Gasteiger partial charge in [0.25, 0.3) is 0 Å². The molecule has 2 aliphatic rings. The van der Waals surface area contributed by atoms with Crippen LogP contribution in [0.4, 0.5) is 11.4 Å². The summed E-state index contributed by atoms with van der Waals surface area (Å²) in [6.07, 6.45) is 4.87. The van der Waals surface area contributed by atoms with Gasteiger partial charge in [-0.1, -0.05) is 12.1 Å². The number of carbonyl (C=O) groups excluding carboxylic acids is 1. The number of amides is 1. The molecule has 0 radical (unpaired) electrons. The van der Waals surface area contributed by atoms with E-state index in [1.165, 1.54) is 31.5 Å². The van der Waals surface area contributed by atoms with E-state index in [0.29, 0.717) is 13.0 Å². The van der Waals surface area contributed by atoms with Crippen molar-refractivity contribution in [3.63, 3.8) is 0 Å². The summed E-state index contributed by atoms with van der Waals surface area (Å²) in [5.74, 6) is 0.398. The maximum Gasteiger partial charge on any atom is 0.246 e. The summed E-state index contributed by atoms with van der Waals surface area (Å²) in [5, 5.41) is 12.4. The number of benzene rings is 2. The number of hydroxylamine groups is 1. The SMILES string of the molecule is O=C(NO)C1CCc2ccc(Nc3cccc(OCCN4CCCC4)c3)cc2C1. The first-order chi connectivity index (χ1) is 14.2. The number of likely N-dealkylation sites (tertiary alicyclic amines) is 1. The predicted octanol–water partition coefficient (Wildman–Crippen LogP) is 3.52. The quantitative estimate of drug-likeness (QED) is 0.494. The summed E-state index contributed by atoms with van der Waals surface area (Å²) < 4.78 is 5.94. The van der Waals surface area contributed by atoms with Crippen molar-refractivity contribution in [3.05, 3.63) is 53.6 Å². The molecule has 6 nitrogen and oxygen atoms in total. The van der Waals surface area contributed by atoms with Crippen LogP contribution in [-0.2, 0) is 17.6 Å². The van der Waals surface area contributed by atoms with Crippen LogP contribution in [-0.4, -0.2) is 42.3 Å². The average molecular weight is 396 g/mol. The van der Waals surface area contributed by atoms with Crippen molar-refractivity contribution >= 4 is 17.3 Å². The molecular weight excluding hydrogens is 366 g/mol. The fraction of sp³-hybridized carbons (Fsp3) is 0.435. The molecule has 0 spiro atoms. The van der Waals surface area contributed by atoms with Gasteiger partial charge >= 0.3 is 0 Å². The van der Waals surface area contributed by atoms with E-state index in [4.69, 9.17) is 9.94 Å². The topological polar surface area (TPSA) is 73.8 Å². The number of hydrogen-bond acceptors (Lipinski definition) is 5. The molecule has 1 fully saturated rings. The number of carbonyl (C=O) groups is 1. The van der Waals surface area contributed by atoms with E-state index in [9.17, 15) is 4.79 Å². The zero-order chi connectivity index (χ0) is 20.1. The summed E-state index contributed by atoms with van der Waals surface area (Å²) >= 11 is 0. The predicted molar refractivity (Wildman–Crippen MR) is 113 cm³/mol. The first kappa shape index (κ1) is 19.7.